The second kappa shape index (κ2) is 14.3. The molecule has 1 saturated heterocycles. The quantitative estimate of drug-likeness (QED) is 0.150. The van der Waals surface area contributed by atoms with Gasteiger partial charge in [0.2, 0.25) is 0 Å². The lowest BCUT2D eigenvalue weighted by Crippen LogP contribution is -2.24. The first-order valence-electron chi connectivity index (χ1n) is 11.9. The van der Waals surface area contributed by atoms with Gasteiger partial charge in [-0.3, -0.25) is 4.79 Å². The number of nitrogens with one attached hydrogen (secondary N) is 1. The minimum atomic E-state index is -0.358. The highest BCUT2D eigenvalue weighted by Crippen LogP contribution is 2.45. The van der Waals surface area contributed by atoms with Crippen molar-refractivity contribution >= 4 is 58.2 Å². The molecule has 10 heteroatoms. The van der Waals surface area contributed by atoms with Crippen molar-refractivity contribution in [2.75, 3.05) is 24.7 Å². The molecule has 0 unspecified atom stereocenters. The van der Waals surface area contributed by atoms with E-state index in [9.17, 15) is 10.1 Å². The Kier molecular flexibility index (Phi) is 10.6. The Labute approximate surface area is 244 Å². The van der Waals surface area contributed by atoms with Crippen LogP contribution in [0.5, 0.6) is 17.2 Å². The summed E-state index contributed by atoms with van der Waals surface area (Å²) in [5.41, 5.74) is 5.87. The molecule has 0 spiro atoms. The fourth-order valence-electron chi connectivity index (χ4n) is 3.60. The van der Waals surface area contributed by atoms with Crippen molar-refractivity contribution in [3.8, 4) is 23.3 Å². The normalized spacial score (nSPS) is 13.3. The lowest BCUT2D eigenvalue weighted by atomic mass is 10.1. The van der Waals surface area contributed by atoms with Gasteiger partial charge in [-0.05, 0) is 71.0 Å². The zero-order valence-electron chi connectivity index (χ0n) is 20.7. The maximum Gasteiger partial charge on any atom is 0.277 e. The van der Waals surface area contributed by atoms with Crippen molar-refractivity contribution < 1.29 is 19.0 Å². The zero-order chi connectivity index (χ0) is 26.7. The number of rotatable bonds is 11. The van der Waals surface area contributed by atoms with Crippen LogP contribution in [-0.4, -0.2) is 36.8 Å². The topological polar surface area (TPSA) is 92.9 Å². The summed E-state index contributed by atoms with van der Waals surface area (Å²) < 4.78 is 18.7. The molecule has 7 nitrogen and oxygen atoms in total. The summed E-state index contributed by atoms with van der Waals surface area (Å²) in [6, 6.07) is 21.1. The van der Waals surface area contributed by atoms with Crippen LogP contribution in [0.2, 0.25) is 0 Å². The number of carbonyl (C=O) groups is 1. The molecule has 0 atom stereocenters. The van der Waals surface area contributed by atoms with E-state index in [0.29, 0.717) is 34.0 Å². The van der Waals surface area contributed by atoms with Crippen LogP contribution in [0.3, 0.4) is 0 Å². The summed E-state index contributed by atoms with van der Waals surface area (Å²) in [7, 11) is 0. The predicted molar refractivity (Wildman–Crippen MR) is 161 cm³/mol. The molecule has 1 heterocycles. The average Bonchev–Trinajstić information content (AvgIpc) is 3.47. The second-order valence-corrected chi connectivity index (χ2v) is 11.9. The molecule has 1 aliphatic rings. The largest absolute Gasteiger partial charge is 0.490 e. The number of hydrogen-bond donors (Lipinski definition) is 1. The summed E-state index contributed by atoms with van der Waals surface area (Å²) in [5, 5.41) is 13.4. The minimum Gasteiger partial charge on any atom is -0.490 e. The molecular weight excluding hydrogens is 633 g/mol. The number of ether oxygens (including phenoxy) is 3. The van der Waals surface area contributed by atoms with Gasteiger partial charge in [0.15, 0.2) is 18.1 Å². The van der Waals surface area contributed by atoms with Crippen LogP contribution in [0.25, 0.3) is 0 Å². The van der Waals surface area contributed by atoms with E-state index in [1.165, 1.54) is 17.1 Å². The maximum absolute atomic E-state index is 12.2. The molecule has 0 radical (unpaired) electrons. The van der Waals surface area contributed by atoms with E-state index in [2.05, 4.69) is 51.3 Å². The van der Waals surface area contributed by atoms with Crippen molar-refractivity contribution in [1.82, 2.24) is 5.43 Å². The van der Waals surface area contributed by atoms with Gasteiger partial charge in [0.05, 0.1) is 32.6 Å². The van der Waals surface area contributed by atoms with E-state index in [1.54, 1.807) is 18.3 Å². The third-order valence-electron chi connectivity index (χ3n) is 5.39. The summed E-state index contributed by atoms with van der Waals surface area (Å²) in [5.74, 6) is 3.79. The molecule has 0 aliphatic carbocycles. The van der Waals surface area contributed by atoms with Crippen molar-refractivity contribution in [3.05, 3.63) is 86.5 Å². The molecule has 1 amide bonds. The maximum atomic E-state index is 12.2. The number of amides is 1. The molecule has 38 heavy (non-hydrogen) atoms. The van der Waals surface area contributed by atoms with E-state index < -0.39 is 0 Å². The van der Waals surface area contributed by atoms with Crippen molar-refractivity contribution in [3.63, 3.8) is 0 Å². The Morgan fingerprint density at radius 1 is 1.13 bits per heavy atom. The van der Waals surface area contributed by atoms with Crippen LogP contribution >= 0.6 is 46.1 Å². The molecule has 0 bridgehead atoms. The standard InChI is InChI=1S/C28H26IN3O4S2/c1-2-34-25-14-19(13-24(29)27(25)36-17-22-6-4-3-5-21(22)15-30)16-31-32-26(33)18-35-23-9-7-20(8-10-23)28-37-11-12-38-28/h3-10,13-14,16,28H,2,11-12,17-18H2,1H3,(H,32,33)/b31-16-. The number of hydrazone groups is 1. The smallest absolute Gasteiger partial charge is 0.277 e. The van der Waals surface area contributed by atoms with Crippen LogP contribution in [0.15, 0.2) is 65.8 Å². The summed E-state index contributed by atoms with van der Waals surface area (Å²) in [6.45, 7) is 2.45. The Hall–Kier alpha value is -2.88. The Balaban J connectivity index is 1.32. The first-order chi connectivity index (χ1) is 18.6. The van der Waals surface area contributed by atoms with Gasteiger partial charge < -0.3 is 14.2 Å². The Bertz CT molecular complexity index is 1320. The number of hydrogen-bond acceptors (Lipinski definition) is 8. The molecule has 4 rings (SSSR count). The van der Waals surface area contributed by atoms with Crippen molar-refractivity contribution in [2.45, 2.75) is 18.1 Å². The van der Waals surface area contributed by atoms with Crippen LogP contribution < -0.4 is 19.6 Å². The molecule has 1 aliphatic heterocycles. The van der Waals surface area contributed by atoms with Gasteiger partial charge in [0.25, 0.3) is 5.91 Å². The van der Waals surface area contributed by atoms with E-state index in [-0.39, 0.29) is 19.1 Å². The van der Waals surface area contributed by atoms with Gasteiger partial charge in [-0.2, -0.15) is 10.4 Å². The third kappa shape index (κ3) is 7.82. The molecule has 0 aromatic heterocycles. The van der Waals surface area contributed by atoms with E-state index >= 15 is 0 Å². The van der Waals surface area contributed by atoms with Gasteiger partial charge in [-0.1, -0.05) is 30.3 Å². The van der Waals surface area contributed by atoms with Crippen LogP contribution in [0, 0.1) is 14.9 Å². The molecule has 3 aromatic carbocycles. The molecule has 0 saturated carbocycles. The highest BCUT2D eigenvalue weighted by atomic mass is 127. The predicted octanol–water partition coefficient (Wildman–Crippen LogP) is 6.15. The number of nitriles is 1. The number of benzene rings is 3. The number of halogens is 1. The molecule has 3 aromatic rings. The summed E-state index contributed by atoms with van der Waals surface area (Å²) in [4.78, 5) is 12.2. The van der Waals surface area contributed by atoms with Gasteiger partial charge >= 0.3 is 0 Å². The van der Waals surface area contributed by atoms with Crippen LogP contribution in [0.4, 0.5) is 0 Å². The van der Waals surface area contributed by atoms with E-state index in [0.717, 1.165) is 14.7 Å². The van der Waals surface area contributed by atoms with Gasteiger partial charge in [-0.25, -0.2) is 5.43 Å². The minimum absolute atomic E-state index is 0.137. The summed E-state index contributed by atoms with van der Waals surface area (Å²) >= 11 is 6.07. The monoisotopic (exact) mass is 659 g/mol. The third-order valence-corrected chi connectivity index (χ3v) is 9.29. The zero-order valence-corrected chi connectivity index (χ0v) is 24.5. The first kappa shape index (κ1) is 28.1. The Morgan fingerprint density at radius 2 is 1.89 bits per heavy atom. The highest BCUT2D eigenvalue weighted by Gasteiger charge is 2.18. The fourth-order valence-corrected chi connectivity index (χ4v) is 7.24. The second-order valence-electron chi connectivity index (χ2n) is 8.05. The first-order valence-corrected chi connectivity index (χ1v) is 15.1. The number of nitrogens with zero attached hydrogens (tertiary/aromatic N) is 2. The van der Waals surface area contributed by atoms with Crippen molar-refractivity contribution in [2.24, 2.45) is 5.10 Å². The number of carbonyl (C=O) groups excluding carboxylic acids is 1. The van der Waals surface area contributed by atoms with E-state index in [1.807, 2.05) is 66.8 Å². The molecule has 1 fully saturated rings. The van der Waals surface area contributed by atoms with Gasteiger partial charge in [0.1, 0.15) is 12.4 Å². The van der Waals surface area contributed by atoms with Gasteiger partial charge in [-0.15, -0.1) is 23.5 Å². The van der Waals surface area contributed by atoms with Crippen molar-refractivity contribution in [1.29, 1.82) is 5.26 Å². The average molecular weight is 660 g/mol. The SMILES string of the molecule is CCOc1cc(/C=N\NC(=O)COc2ccc(C3SCCS3)cc2)cc(I)c1OCc1ccccc1C#N. The molecule has 196 valence electrons. The fraction of sp³-hybridized carbons (Fsp3) is 0.250. The molecular formula is C28H26IN3O4S2. The number of thioether (sulfide) groups is 2. The van der Waals surface area contributed by atoms with Crippen LogP contribution in [0.1, 0.15) is 33.8 Å². The van der Waals surface area contributed by atoms with Gasteiger partial charge in [0, 0.05) is 17.1 Å². The van der Waals surface area contributed by atoms with E-state index in [4.69, 9.17) is 14.2 Å². The highest BCUT2D eigenvalue weighted by molar-refractivity contribution is 14.1. The lowest BCUT2D eigenvalue weighted by molar-refractivity contribution is -0.123. The molecule has 1 N–H and O–H groups in total. The Morgan fingerprint density at radius 3 is 2.63 bits per heavy atom. The van der Waals surface area contributed by atoms with Crippen LogP contribution in [-0.2, 0) is 11.4 Å². The summed E-state index contributed by atoms with van der Waals surface area (Å²) in [6.07, 6.45) is 1.54. The lowest BCUT2D eigenvalue weighted by Gasteiger charge is -2.15.